The van der Waals surface area contributed by atoms with Crippen molar-refractivity contribution in [2.75, 3.05) is 0 Å². The van der Waals surface area contributed by atoms with Crippen LogP contribution in [0.25, 0.3) is 11.3 Å². The van der Waals surface area contributed by atoms with Crippen LogP contribution in [0.4, 0.5) is 0 Å². The van der Waals surface area contributed by atoms with E-state index < -0.39 is 0 Å². The number of halogens is 1. The molecule has 2 nitrogen and oxygen atoms in total. The van der Waals surface area contributed by atoms with E-state index in [1.807, 2.05) is 13.8 Å². The van der Waals surface area contributed by atoms with E-state index in [4.69, 9.17) is 11.6 Å². The van der Waals surface area contributed by atoms with E-state index in [9.17, 15) is 0 Å². The maximum atomic E-state index is 6.13. The Hall–Kier alpha value is -1.41. The number of nitrogens with zero attached hydrogens (tertiary/aromatic N) is 2. The van der Waals surface area contributed by atoms with Gasteiger partial charge < -0.3 is 0 Å². The van der Waals surface area contributed by atoms with Gasteiger partial charge in [0, 0.05) is 17.5 Å². The van der Waals surface area contributed by atoms with Crippen LogP contribution in [0, 0.1) is 13.8 Å². The van der Waals surface area contributed by atoms with Crippen molar-refractivity contribution in [2.45, 2.75) is 27.2 Å². The maximum absolute atomic E-state index is 6.13. The van der Waals surface area contributed by atoms with Crippen LogP contribution in [0.2, 0.25) is 5.15 Å². The van der Waals surface area contributed by atoms with E-state index in [1.54, 1.807) is 0 Å². The lowest BCUT2D eigenvalue weighted by Gasteiger charge is -2.08. The molecule has 0 atom stereocenters. The van der Waals surface area contributed by atoms with Crippen molar-refractivity contribution in [1.82, 2.24) is 9.97 Å². The van der Waals surface area contributed by atoms with Crippen molar-refractivity contribution >= 4 is 11.6 Å². The SMILES string of the molecule is CCc1nc(Cl)c(C)c(-c2ccc(C)cc2)n1. The summed E-state index contributed by atoms with van der Waals surface area (Å²) in [5.41, 5.74) is 4.20. The second-order valence-corrected chi connectivity index (χ2v) is 4.48. The Morgan fingerprint density at radius 3 is 2.29 bits per heavy atom. The molecule has 0 spiro atoms. The number of aryl methyl sites for hydroxylation is 2. The van der Waals surface area contributed by atoms with Gasteiger partial charge in [0.25, 0.3) is 0 Å². The minimum Gasteiger partial charge on any atom is -0.233 e. The first-order valence-electron chi connectivity index (χ1n) is 5.72. The molecule has 1 aromatic heterocycles. The third kappa shape index (κ3) is 2.47. The molecule has 0 unspecified atom stereocenters. The van der Waals surface area contributed by atoms with Crippen LogP contribution in [0.15, 0.2) is 24.3 Å². The predicted octanol–water partition coefficient (Wildman–Crippen LogP) is 3.98. The lowest BCUT2D eigenvalue weighted by atomic mass is 10.1. The van der Waals surface area contributed by atoms with Gasteiger partial charge in [-0.05, 0) is 13.8 Å². The summed E-state index contributed by atoms with van der Waals surface area (Å²) >= 11 is 6.13. The van der Waals surface area contributed by atoms with Gasteiger partial charge in [0.05, 0.1) is 5.69 Å². The predicted molar refractivity (Wildman–Crippen MR) is 71.3 cm³/mol. The number of hydrogen-bond acceptors (Lipinski definition) is 2. The number of hydrogen-bond donors (Lipinski definition) is 0. The molecule has 1 aromatic carbocycles. The Morgan fingerprint density at radius 1 is 1.06 bits per heavy atom. The molecule has 0 aliphatic rings. The van der Waals surface area contributed by atoms with Gasteiger partial charge >= 0.3 is 0 Å². The summed E-state index contributed by atoms with van der Waals surface area (Å²) in [5.74, 6) is 0.788. The quantitative estimate of drug-likeness (QED) is 0.750. The smallest absolute Gasteiger partial charge is 0.136 e. The summed E-state index contributed by atoms with van der Waals surface area (Å²) in [7, 11) is 0. The van der Waals surface area contributed by atoms with Gasteiger partial charge in [0.15, 0.2) is 0 Å². The average Bonchev–Trinajstić information content (AvgIpc) is 2.34. The molecule has 0 saturated heterocycles. The Morgan fingerprint density at radius 2 is 1.71 bits per heavy atom. The Bertz CT molecular complexity index is 533. The highest BCUT2D eigenvalue weighted by molar-refractivity contribution is 6.30. The van der Waals surface area contributed by atoms with Gasteiger partial charge in [0.1, 0.15) is 11.0 Å². The lowest BCUT2D eigenvalue weighted by molar-refractivity contribution is 0.934. The normalized spacial score (nSPS) is 10.6. The first-order chi connectivity index (χ1) is 8.11. The zero-order valence-corrected chi connectivity index (χ0v) is 11.0. The fourth-order valence-electron chi connectivity index (χ4n) is 1.68. The van der Waals surface area contributed by atoms with Gasteiger partial charge in [-0.3, -0.25) is 0 Å². The number of rotatable bonds is 2. The summed E-state index contributed by atoms with van der Waals surface area (Å²) in [4.78, 5) is 8.81. The van der Waals surface area contributed by atoms with Crippen molar-refractivity contribution in [2.24, 2.45) is 0 Å². The van der Waals surface area contributed by atoms with Gasteiger partial charge in [-0.25, -0.2) is 9.97 Å². The second-order valence-electron chi connectivity index (χ2n) is 4.12. The molecule has 0 amide bonds. The van der Waals surface area contributed by atoms with Crippen molar-refractivity contribution in [3.05, 3.63) is 46.4 Å². The minimum absolute atomic E-state index is 0.549. The number of benzene rings is 1. The van der Waals surface area contributed by atoms with Crippen LogP contribution in [0.1, 0.15) is 23.9 Å². The molecule has 0 aliphatic heterocycles. The minimum atomic E-state index is 0.549. The third-order valence-electron chi connectivity index (χ3n) is 2.77. The molecule has 0 radical (unpaired) electrons. The summed E-state index contributed by atoms with van der Waals surface area (Å²) in [6.07, 6.45) is 0.791. The molecular weight excluding hydrogens is 232 g/mol. The monoisotopic (exact) mass is 246 g/mol. The van der Waals surface area contributed by atoms with E-state index >= 15 is 0 Å². The lowest BCUT2D eigenvalue weighted by Crippen LogP contribution is -1.99. The summed E-state index contributed by atoms with van der Waals surface area (Å²) in [6, 6.07) is 8.30. The van der Waals surface area contributed by atoms with Crippen molar-refractivity contribution < 1.29 is 0 Å². The average molecular weight is 247 g/mol. The molecule has 0 N–H and O–H groups in total. The zero-order valence-electron chi connectivity index (χ0n) is 10.3. The first kappa shape index (κ1) is 12.1. The fourth-order valence-corrected chi connectivity index (χ4v) is 1.87. The van der Waals surface area contributed by atoms with E-state index in [-0.39, 0.29) is 0 Å². The third-order valence-corrected chi connectivity index (χ3v) is 3.14. The van der Waals surface area contributed by atoms with Crippen LogP contribution in [0.3, 0.4) is 0 Å². The molecule has 1 heterocycles. The van der Waals surface area contributed by atoms with Crippen LogP contribution >= 0.6 is 11.6 Å². The largest absolute Gasteiger partial charge is 0.233 e. The molecule has 3 heteroatoms. The first-order valence-corrected chi connectivity index (χ1v) is 6.09. The van der Waals surface area contributed by atoms with Crippen LogP contribution in [-0.4, -0.2) is 9.97 Å². The Labute approximate surface area is 107 Å². The topological polar surface area (TPSA) is 25.8 Å². The van der Waals surface area contributed by atoms with E-state index in [0.717, 1.165) is 29.1 Å². The Balaban J connectivity index is 2.57. The van der Waals surface area contributed by atoms with Crippen molar-refractivity contribution in [3.8, 4) is 11.3 Å². The van der Waals surface area contributed by atoms with Gasteiger partial charge in [0.2, 0.25) is 0 Å². The summed E-state index contributed by atoms with van der Waals surface area (Å²) in [5, 5.41) is 0.549. The van der Waals surface area contributed by atoms with E-state index in [2.05, 4.69) is 41.2 Å². The molecule has 0 aliphatic carbocycles. The fraction of sp³-hybridized carbons (Fsp3) is 0.286. The highest BCUT2D eigenvalue weighted by atomic mass is 35.5. The standard InChI is InChI=1S/C14H15ClN2/c1-4-12-16-13(10(3)14(15)17-12)11-7-5-9(2)6-8-11/h5-8H,4H2,1-3H3. The molecular formula is C14H15ClN2. The van der Waals surface area contributed by atoms with Gasteiger partial charge in [-0.15, -0.1) is 0 Å². The molecule has 17 heavy (non-hydrogen) atoms. The highest BCUT2D eigenvalue weighted by Crippen LogP contribution is 2.25. The van der Waals surface area contributed by atoms with Crippen LogP contribution in [0.5, 0.6) is 0 Å². The van der Waals surface area contributed by atoms with E-state index in [0.29, 0.717) is 5.15 Å². The second kappa shape index (κ2) is 4.84. The van der Waals surface area contributed by atoms with Crippen LogP contribution < -0.4 is 0 Å². The molecule has 0 bridgehead atoms. The number of aromatic nitrogens is 2. The zero-order chi connectivity index (χ0) is 12.4. The molecule has 0 fully saturated rings. The van der Waals surface area contributed by atoms with E-state index in [1.165, 1.54) is 5.56 Å². The van der Waals surface area contributed by atoms with Crippen molar-refractivity contribution in [1.29, 1.82) is 0 Å². The Kier molecular flexibility index (Phi) is 3.43. The molecule has 2 rings (SSSR count). The highest BCUT2D eigenvalue weighted by Gasteiger charge is 2.10. The summed E-state index contributed by atoms with van der Waals surface area (Å²) < 4.78 is 0. The molecule has 0 saturated carbocycles. The van der Waals surface area contributed by atoms with Crippen LogP contribution in [-0.2, 0) is 6.42 Å². The maximum Gasteiger partial charge on any atom is 0.136 e. The summed E-state index contributed by atoms with van der Waals surface area (Å²) in [6.45, 7) is 6.05. The molecule has 2 aromatic rings. The molecule has 88 valence electrons. The van der Waals surface area contributed by atoms with Crippen molar-refractivity contribution in [3.63, 3.8) is 0 Å². The van der Waals surface area contributed by atoms with Gasteiger partial charge in [-0.2, -0.15) is 0 Å². The van der Waals surface area contributed by atoms with Gasteiger partial charge in [-0.1, -0.05) is 48.4 Å².